The fourth-order valence-electron chi connectivity index (χ4n) is 1.90. The molecule has 1 fully saturated rings. The smallest absolute Gasteiger partial charge is 0.224 e. The lowest BCUT2D eigenvalue weighted by atomic mass is 10.3. The van der Waals surface area contributed by atoms with Crippen molar-refractivity contribution in [3.63, 3.8) is 0 Å². The van der Waals surface area contributed by atoms with Crippen molar-refractivity contribution >= 4 is 21.6 Å². The van der Waals surface area contributed by atoms with Gasteiger partial charge in [-0.1, -0.05) is 0 Å². The molecule has 0 spiro atoms. The van der Waals surface area contributed by atoms with Gasteiger partial charge in [-0.2, -0.15) is 4.98 Å². The van der Waals surface area contributed by atoms with Crippen LogP contribution in [0.3, 0.4) is 0 Å². The molecule has 0 aromatic carbocycles. The van der Waals surface area contributed by atoms with Crippen LogP contribution in [-0.2, 0) is 9.84 Å². The fourth-order valence-corrected chi connectivity index (χ4v) is 3.57. The first-order valence-corrected chi connectivity index (χ1v) is 7.83. The van der Waals surface area contributed by atoms with Gasteiger partial charge in [-0.25, -0.2) is 13.4 Å². The Morgan fingerprint density at radius 2 is 2.22 bits per heavy atom. The topological polar surface area (TPSA) is 84.0 Å². The second-order valence-electron chi connectivity index (χ2n) is 4.81. The van der Waals surface area contributed by atoms with E-state index in [-0.39, 0.29) is 17.5 Å². The molecular weight excluding hydrogens is 252 g/mol. The van der Waals surface area contributed by atoms with Crippen LogP contribution in [0.2, 0.25) is 0 Å². The van der Waals surface area contributed by atoms with Gasteiger partial charge in [0.15, 0.2) is 9.84 Å². The summed E-state index contributed by atoms with van der Waals surface area (Å²) < 4.78 is 22.7. The second kappa shape index (κ2) is 5.09. The molecular formula is C11H18N4O2S. The molecule has 2 heterocycles. The van der Waals surface area contributed by atoms with Crippen molar-refractivity contribution in [3.05, 3.63) is 12.3 Å². The van der Waals surface area contributed by atoms with E-state index in [1.807, 2.05) is 13.8 Å². The van der Waals surface area contributed by atoms with Gasteiger partial charge in [0.1, 0.15) is 5.82 Å². The minimum absolute atomic E-state index is 0.0794. The maximum Gasteiger partial charge on any atom is 0.224 e. The average molecular weight is 270 g/mol. The van der Waals surface area contributed by atoms with Crippen molar-refractivity contribution < 1.29 is 8.42 Å². The molecule has 0 radical (unpaired) electrons. The Bertz CT molecular complexity index is 516. The van der Waals surface area contributed by atoms with E-state index < -0.39 is 9.84 Å². The van der Waals surface area contributed by atoms with Crippen molar-refractivity contribution in [1.82, 2.24) is 9.97 Å². The number of anilines is 2. The predicted molar refractivity (Wildman–Crippen MR) is 71.5 cm³/mol. The van der Waals surface area contributed by atoms with Crippen molar-refractivity contribution in [2.45, 2.75) is 32.4 Å². The molecule has 6 nitrogen and oxygen atoms in total. The molecule has 1 unspecified atom stereocenters. The zero-order chi connectivity index (χ0) is 13.2. The summed E-state index contributed by atoms with van der Waals surface area (Å²) in [5.74, 6) is 1.62. The van der Waals surface area contributed by atoms with E-state index in [2.05, 4.69) is 20.6 Å². The summed E-state index contributed by atoms with van der Waals surface area (Å²) in [5, 5.41) is 6.25. The molecule has 1 aromatic rings. The number of hydrogen-bond donors (Lipinski definition) is 2. The maximum atomic E-state index is 11.4. The first kappa shape index (κ1) is 13.1. The first-order chi connectivity index (χ1) is 8.44. The summed E-state index contributed by atoms with van der Waals surface area (Å²) in [7, 11) is -2.88. The molecule has 7 heteroatoms. The summed E-state index contributed by atoms with van der Waals surface area (Å²) in [5.41, 5.74) is 0. The number of sulfone groups is 1. The van der Waals surface area contributed by atoms with Gasteiger partial charge in [-0.05, 0) is 26.3 Å². The van der Waals surface area contributed by atoms with Crippen LogP contribution in [0.1, 0.15) is 20.3 Å². The average Bonchev–Trinajstić information content (AvgIpc) is 2.57. The fraction of sp³-hybridized carbons (Fsp3) is 0.636. The number of nitrogens with zero attached hydrogens (tertiary/aromatic N) is 2. The Balaban J connectivity index is 2.01. The highest BCUT2D eigenvalue weighted by molar-refractivity contribution is 7.91. The van der Waals surface area contributed by atoms with Crippen LogP contribution < -0.4 is 10.6 Å². The number of hydrogen-bond acceptors (Lipinski definition) is 6. The normalized spacial score (nSPS) is 22.1. The summed E-state index contributed by atoms with van der Waals surface area (Å²) in [6.45, 7) is 4.05. The van der Waals surface area contributed by atoms with Crippen molar-refractivity contribution in [2.24, 2.45) is 0 Å². The Labute approximate surface area is 107 Å². The van der Waals surface area contributed by atoms with Gasteiger partial charge in [0.2, 0.25) is 5.95 Å². The first-order valence-electron chi connectivity index (χ1n) is 6.01. The van der Waals surface area contributed by atoms with E-state index >= 15 is 0 Å². The third-order valence-corrected chi connectivity index (χ3v) is 4.43. The molecule has 0 bridgehead atoms. The molecule has 1 aliphatic rings. The third-order valence-electron chi connectivity index (χ3n) is 2.66. The molecule has 1 aliphatic heterocycles. The number of rotatable bonds is 4. The van der Waals surface area contributed by atoms with Gasteiger partial charge < -0.3 is 10.6 Å². The van der Waals surface area contributed by atoms with Crippen LogP contribution in [0.4, 0.5) is 11.8 Å². The second-order valence-corrected chi connectivity index (χ2v) is 7.04. The maximum absolute atomic E-state index is 11.4. The molecule has 0 aliphatic carbocycles. The number of nitrogens with one attached hydrogen (secondary N) is 2. The molecule has 0 amide bonds. The van der Waals surface area contributed by atoms with Gasteiger partial charge >= 0.3 is 0 Å². The Morgan fingerprint density at radius 1 is 1.44 bits per heavy atom. The Kier molecular flexibility index (Phi) is 3.70. The molecule has 0 saturated carbocycles. The Hall–Kier alpha value is -1.37. The quantitative estimate of drug-likeness (QED) is 0.845. The van der Waals surface area contributed by atoms with Crippen LogP contribution >= 0.6 is 0 Å². The highest BCUT2D eigenvalue weighted by Gasteiger charge is 2.28. The van der Waals surface area contributed by atoms with Crippen LogP contribution in [0.15, 0.2) is 12.3 Å². The van der Waals surface area contributed by atoms with Crippen molar-refractivity contribution in [2.75, 3.05) is 22.1 Å². The largest absolute Gasteiger partial charge is 0.368 e. The van der Waals surface area contributed by atoms with E-state index in [0.717, 1.165) is 5.82 Å². The summed E-state index contributed by atoms with van der Waals surface area (Å²) in [4.78, 5) is 8.40. The van der Waals surface area contributed by atoms with Gasteiger partial charge in [-0.15, -0.1) is 0 Å². The molecule has 18 heavy (non-hydrogen) atoms. The molecule has 2 N–H and O–H groups in total. The monoisotopic (exact) mass is 270 g/mol. The highest BCUT2D eigenvalue weighted by atomic mass is 32.2. The predicted octanol–water partition coefficient (Wildman–Crippen LogP) is 0.896. The van der Waals surface area contributed by atoms with Crippen LogP contribution in [-0.4, -0.2) is 42.0 Å². The number of aromatic nitrogens is 2. The van der Waals surface area contributed by atoms with Crippen molar-refractivity contribution in [1.29, 1.82) is 0 Å². The van der Waals surface area contributed by atoms with Crippen LogP contribution in [0.5, 0.6) is 0 Å². The lowest BCUT2D eigenvalue weighted by Crippen LogP contribution is -2.22. The van der Waals surface area contributed by atoms with Gasteiger partial charge in [0.25, 0.3) is 0 Å². The minimum Gasteiger partial charge on any atom is -0.368 e. The van der Waals surface area contributed by atoms with Crippen molar-refractivity contribution in [3.8, 4) is 0 Å². The molecule has 1 atom stereocenters. The molecule has 1 aromatic heterocycles. The van der Waals surface area contributed by atoms with E-state index in [1.54, 1.807) is 12.3 Å². The van der Waals surface area contributed by atoms with E-state index in [4.69, 9.17) is 0 Å². The lowest BCUT2D eigenvalue weighted by Gasteiger charge is -2.13. The molecule has 100 valence electrons. The summed E-state index contributed by atoms with van der Waals surface area (Å²) >= 11 is 0. The summed E-state index contributed by atoms with van der Waals surface area (Å²) in [6.07, 6.45) is 2.27. The van der Waals surface area contributed by atoms with Gasteiger partial charge in [-0.3, -0.25) is 0 Å². The Morgan fingerprint density at radius 3 is 2.83 bits per heavy atom. The zero-order valence-electron chi connectivity index (χ0n) is 10.5. The lowest BCUT2D eigenvalue weighted by molar-refractivity contribution is 0.602. The van der Waals surface area contributed by atoms with E-state index in [1.165, 1.54) is 0 Å². The zero-order valence-corrected chi connectivity index (χ0v) is 11.4. The van der Waals surface area contributed by atoms with E-state index in [9.17, 15) is 8.42 Å². The minimum atomic E-state index is -2.88. The highest BCUT2D eigenvalue weighted by Crippen LogP contribution is 2.16. The van der Waals surface area contributed by atoms with Crippen LogP contribution in [0, 0.1) is 0 Å². The SMILES string of the molecule is CC(C)Nc1ccnc(NC2CCS(=O)(=O)C2)n1. The van der Waals surface area contributed by atoms with Gasteiger partial charge in [0, 0.05) is 18.3 Å². The van der Waals surface area contributed by atoms with E-state index in [0.29, 0.717) is 18.4 Å². The molecule has 2 rings (SSSR count). The standard InChI is InChI=1S/C11H18N4O2S/c1-8(2)13-10-3-5-12-11(15-10)14-9-4-6-18(16,17)7-9/h3,5,8-9H,4,6-7H2,1-2H3,(H2,12,13,14,15). The molecule has 1 saturated heterocycles. The summed E-state index contributed by atoms with van der Waals surface area (Å²) in [6, 6.07) is 2.00. The third kappa shape index (κ3) is 3.56. The van der Waals surface area contributed by atoms with Crippen LogP contribution in [0.25, 0.3) is 0 Å². The van der Waals surface area contributed by atoms with Gasteiger partial charge in [0.05, 0.1) is 11.5 Å².